The van der Waals surface area contributed by atoms with Crippen LogP contribution in [0.3, 0.4) is 0 Å². The van der Waals surface area contributed by atoms with Crippen LogP contribution in [-0.2, 0) is 9.59 Å². The first-order valence-electron chi connectivity index (χ1n) is 8.98. The summed E-state index contributed by atoms with van der Waals surface area (Å²) in [6.45, 7) is 1.59. The number of para-hydroxylation sites is 2. The van der Waals surface area contributed by atoms with Crippen molar-refractivity contribution in [2.45, 2.75) is 16.2 Å². The molecule has 2 aliphatic heterocycles. The number of fused-ring (bicyclic) bond motifs is 2. The Hall–Kier alpha value is -2.12. The first-order valence-corrected chi connectivity index (χ1v) is 10.9. The maximum atomic E-state index is 12.1. The Bertz CT molecular complexity index is 813. The molecule has 2 heterocycles. The number of amides is 2. The standard InChI is InChI=1S/C20H21N3O2S2/c24-19(12-22-14-26-13-20(22)25)21-10-5-11-23-15-6-1-3-8-17(15)27-18-9-4-2-7-16(18)23/h1-4,6-9H,5,10-14H2,(H,21,24). The van der Waals surface area contributed by atoms with Crippen molar-refractivity contribution in [3.05, 3.63) is 48.5 Å². The molecule has 2 aliphatic rings. The van der Waals surface area contributed by atoms with Crippen LogP contribution in [0.4, 0.5) is 11.4 Å². The molecule has 0 aromatic heterocycles. The van der Waals surface area contributed by atoms with Crippen molar-refractivity contribution in [3.63, 3.8) is 0 Å². The van der Waals surface area contributed by atoms with Gasteiger partial charge < -0.3 is 15.1 Å². The molecule has 2 amide bonds. The molecule has 0 atom stereocenters. The van der Waals surface area contributed by atoms with E-state index >= 15 is 0 Å². The van der Waals surface area contributed by atoms with E-state index in [-0.39, 0.29) is 18.4 Å². The van der Waals surface area contributed by atoms with E-state index in [0.717, 1.165) is 13.0 Å². The van der Waals surface area contributed by atoms with Crippen LogP contribution in [0.1, 0.15) is 6.42 Å². The summed E-state index contributed by atoms with van der Waals surface area (Å²) >= 11 is 3.35. The highest BCUT2D eigenvalue weighted by atomic mass is 32.2. The number of rotatable bonds is 6. The fraction of sp³-hybridized carbons (Fsp3) is 0.300. The van der Waals surface area contributed by atoms with Gasteiger partial charge in [-0.15, -0.1) is 11.8 Å². The van der Waals surface area contributed by atoms with Crippen LogP contribution in [0, 0.1) is 0 Å². The number of hydrogen-bond acceptors (Lipinski definition) is 5. The van der Waals surface area contributed by atoms with Gasteiger partial charge >= 0.3 is 0 Å². The summed E-state index contributed by atoms with van der Waals surface area (Å²) in [5.74, 6) is 1.07. The molecule has 0 unspecified atom stereocenters. The van der Waals surface area contributed by atoms with E-state index in [2.05, 4.69) is 58.7 Å². The Balaban J connectivity index is 1.34. The summed E-state index contributed by atoms with van der Waals surface area (Å²) in [6, 6.07) is 16.8. The molecule has 140 valence electrons. The Morgan fingerprint density at radius 3 is 2.33 bits per heavy atom. The molecule has 7 heteroatoms. The highest BCUT2D eigenvalue weighted by Crippen LogP contribution is 2.47. The SMILES string of the molecule is O=C(CN1CSCC1=O)NCCCN1c2ccccc2Sc2ccccc21. The van der Waals surface area contributed by atoms with Gasteiger partial charge in [0.15, 0.2) is 0 Å². The number of anilines is 2. The van der Waals surface area contributed by atoms with Crippen molar-refractivity contribution in [3.8, 4) is 0 Å². The third kappa shape index (κ3) is 4.09. The van der Waals surface area contributed by atoms with Gasteiger partial charge in [-0.05, 0) is 30.7 Å². The lowest BCUT2D eigenvalue weighted by Crippen LogP contribution is -2.39. The number of carbonyl (C=O) groups is 2. The monoisotopic (exact) mass is 399 g/mol. The summed E-state index contributed by atoms with van der Waals surface area (Å²) in [5.41, 5.74) is 2.43. The largest absolute Gasteiger partial charge is 0.354 e. The molecule has 2 aromatic carbocycles. The van der Waals surface area contributed by atoms with Gasteiger partial charge in [0.2, 0.25) is 11.8 Å². The predicted molar refractivity (Wildman–Crippen MR) is 111 cm³/mol. The van der Waals surface area contributed by atoms with Crippen molar-refractivity contribution < 1.29 is 9.59 Å². The smallest absolute Gasteiger partial charge is 0.239 e. The molecule has 27 heavy (non-hydrogen) atoms. The fourth-order valence-electron chi connectivity index (χ4n) is 3.26. The molecule has 0 saturated carbocycles. The lowest BCUT2D eigenvalue weighted by atomic mass is 10.2. The van der Waals surface area contributed by atoms with Crippen LogP contribution in [0.25, 0.3) is 0 Å². The van der Waals surface area contributed by atoms with Crippen molar-refractivity contribution in [2.75, 3.05) is 36.2 Å². The first-order chi connectivity index (χ1) is 13.2. The van der Waals surface area contributed by atoms with Gasteiger partial charge in [0, 0.05) is 22.9 Å². The van der Waals surface area contributed by atoms with Gasteiger partial charge in [0.1, 0.15) is 6.54 Å². The summed E-state index contributed by atoms with van der Waals surface area (Å²) in [5, 5.41) is 2.94. The molecule has 2 aromatic rings. The number of nitrogens with one attached hydrogen (secondary N) is 1. The summed E-state index contributed by atoms with van der Waals surface area (Å²) < 4.78 is 0. The first kappa shape index (κ1) is 18.3. The van der Waals surface area contributed by atoms with E-state index in [9.17, 15) is 9.59 Å². The van der Waals surface area contributed by atoms with E-state index in [4.69, 9.17) is 0 Å². The van der Waals surface area contributed by atoms with Crippen LogP contribution in [0.5, 0.6) is 0 Å². The molecule has 0 aliphatic carbocycles. The van der Waals surface area contributed by atoms with Crippen molar-refractivity contribution in [1.82, 2.24) is 10.2 Å². The molecule has 0 bridgehead atoms. The second-order valence-electron chi connectivity index (χ2n) is 6.46. The van der Waals surface area contributed by atoms with Gasteiger partial charge in [-0.25, -0.2) is 0 Å². The van der Waals surface area contributed by atoms with Gasteiger partial charge in [-0.2, -0.15) is 0 Å². The Labute approximate surface area is 167 Å². The number of nitrogens with zero attached hydrogens (tertiary/aromatic N) is 2. The predicted octanol–water partition coefficient (Wildman–Crippen LogP) is 3.33. The maximum absolute atomic E-state index is 12.1. The summed E-state index contributed by atoms with van der Waals surface area (Å²) in [7, 11) is 0. The molecular formula is C20H21N3O2S2. The van der Waals surface area contributed by atoms with E-state index in [1.165, 1.54) is 21.2 Å². The van der Waals surface area contributed by atoms with Crippen LogP contribution in [-0.4, -0.2) is 48.0 Å². The van der Waals surface area contributed by atoms with Crippen molar-refractivity contribution >= 4 is 46.7 Å². The maximum Gasteiger partial charge on any atom is 0.239 e. The van der Waals surface area contributed by atoms with E-state index < -0.39 is 0 Å². The normalized spacial score (nSPS) is 15.5. The van der Waals surface area contributed by atoms with Crippen LogP contribution >= 0.6 is 23.5 Å². The van der Waals surface area contributed by atoms with Gasteiger partial charge in [-0.1, -0.05) is 36.0 Å². The number of thioether (sulfide) groups is 1. The lowest BCUT2D eigenvalue weighted by molar-refractivity contribution is -0.132. The van der Waals surface area contributed by atoms with Gasteiger partial charge in [0.25, 0.3) is 0 Å². The average Bonchev–Trinajstić information content (AvgIpc) is 3.08. The molecule has 1 fully saturated rings. The minimum atomic E-state index is -0.0825. The van der Waals surface area contributed by atoms with Crippen LogP contribution in [0.15, 0.2) is 58.3 Å². The minimum absolute atomic E-state index is 0.0502. The second-order valence-corrected chi connectivity index (χ2v) is 8.50. The average molecular weight is 400 g/mol. The molecular weight excluding hydrogens is 378 g/mol. The van der Waals surface area contributed by atoms with E-state index in [0.29, 0.717) is 18.2 Å². The Morgan fingerprint density at radius 2 is 1.70 bits per heavy atom. The quantitative estimate of drug-likeness (QED) is 0.755. The zero-order valence-electron chi connectivity index (χ0n) is 14.9. The van der Waals surface area contributed by atoms with Crippen LogP contribution in [0.2, 0.25) is 0 Å². The zero-order chi connectivity index (χ0) is 18.6. The summed E-state index contributed by atoms with van der Waals surface area (Å²) in [4.78, 5) is 30.1. The molecule has 5 nitrogen and oxygen atoms in total. The third-order valence-electron chi connectivity index (χ3n) is 4.57. The Morgan fingerprint density at radius 1 is 1.04 bits per heavy atom. The molecule has 1 saturated heterocycles. The van der Waals surface area contributed by atoms with Gasteiger partial charge in [0.05, 0.1) is 23.0 Å². The number of benzene rings is 2. The second kappa shape index (κ2) is 8.27. The third-order valence-corrected chi connectivity index (χ3v) is 6.65. The topological polar surface area (TPSA) is 52.7 Å². The van der Waals surface area contributed by atoms with Crippen molar-refractivity contribution in [1.29, 1.82) is 0 Å². The Kier molecular flexibility index (Phi) is 5.59. The molecule has 0 spiro atoms. The zero-order valence-corrected chi connectivity index (χ0v) is 16.5. The summed E-state index contributed by atoms with van der Waals surface area (Å²) in [6.07, 6.45) is 0.835. The van der Waals surface area contributed by atoms with E-state index in [1.807, 2.05) is 0 Å². The van der Waals surface area contributed by atoms with Gasteiger partial charge in [-0.3, -0.25) is 9.59 Å². The molecule has 0 radical (unpaired) electrons. The fourth-order valence-corrected chi connectivity index (χ4v) is 5.26. The minimum Gasteiger partial charge on any atom is -0.354 e. The lowest BCUT2D eigenvalue weighted by Gasteiger charge is -2.32. The van der Waals surface area contributed by atoms with Crippen molar-refractivity contribution in [2.24, 2.45) is 0 Å². The highest BCUT2D eigenvalue weighted by molar-refractivity contribution is 8.00. The highest BCUT2D eigenvalue weighted by Gasteiger charge is 2.24. The van der Waals surface area contributed by atoms with Crippen LogP contribution < -0.4 is 10.2 Å². The molecule has 1 N–H and O–H groups in total. The molecule has 4 rings (SSSR count). The number of carbonyl (C=O) groups excluding carboxylic acids is 2. The number of hydrogen-bond donors (Lipinski definition) is 1. The van der Waals surface area contributed by atoms with E-state index in [1.54, 1.807) is 28.4 Å².